The first-order valence-corrected chi connectivity index (χ1v) is 10.0. The fourth-order valence-corrected chi connectivity index (χ4v) is 3.76. The first-order valence-electron chi connectivity index (χ1n) is 9.00. The van der Waals surface area contributed by atoms with Crippen molar-refractivity contribution in [3.63, 3.8) is 0 Å². The molecular weight excluding hydrogens is 506 g/mol. The van der Waals surface area contributed by atoms with Crippen LogP contribution in [0.5, 0.6) is 5.75 Å². The number of hydrogen-bond acceptors (Lipinski definition) is 4. The summed E-state index contributed by atoms with van der Waals surface area (Å²) >= 11 is 1.94. The number of aliphatic hydroxyl groups excluding tert-OH is 1. The van der Waals surface area contributed by atoms with Crippen LogP contribution < -0.4 is 15.4 Å². The molecule has 160 valence electrons. The zero-order valence-corrected chi connectivity index (χ0v) is 18.8. The van der Waals surface area contributed by atoms with Gasteiger partial charge in [0.1, 0.15) is 18.5 Å². The molecule has 0 bridgehead atoms. The third-order valence-electron chi connectivity index (χ3n) is 3.93. The zero-order valence-electron chi connectivity index (χ0n) is 15.7. The maximum atomic E-state index is 12.7. The number of nitrogens with one attached hydrogen (secondary N) is 2. The van der Waals surface area contributed by atoms with Crippen molar-refractivity contribution in [2.24, 2.45) is 4.99 Å². The molecule has 0 aliphatic carbocycles. The monoisotopic (exact) mass is 533 g/mol. The molecule has 1 fully saturated rings. The minimum absolute atomic E-state index is 0. The van der Waals surface area contributed by atoms with E-state index >= 15 is 0 Å². The number of thioether (sulfide) groups is 1. The SMILES string of the molecule is CCNC(=NCC(O)COc1cccc(C(F)(F)F)c1)NCC1CCCS1.I. The normalized spacial score (nSPS) is 18.3. The van der Waals surface area contributed by atoms with Crippen molar-refractivity contribution in [1.29, 1.82) is 0 Å². The molecule has 10 heteroatoms. The highest BCUT2D eigenvalue weighted by Crippen LogP contribution is 2.31. The predicted octanol–water partition coefficient (Wildman–Crippen LogP) is 3.51. The molecule has 2 unspecified atom stereocenters. The summed E-state index contributed by atoms with van der Waals surface area (Å²) in [5, 5.41) is 17.0. The summed E-state index contributed by atoms with van der Waals surface area (Å²) in [6, 6.07) is 4.60. The Morgan fingerprint density at radius 3 is 2.82 bits per heavy atom. The molecule has 3 N–H and O–H groups in total. The van der Waals surface area contributed by atoms with Crippen LogP contribution in [0, 0.1) is 0 Å². The molecule has 0 saturated carbocycles. The van der Waals surface area contributed by atoms with Gasteiger partial charge in [-0.2, -0.15) is 24.9 Å². The molecule has 0 radical (unpaired) electrons. The van der Waals surface area contributed by atoms with E-state index in [1.807, 2.05) is 18.7 Å². The molecule has 1 saturated heterocycles. The lowest BCUT2D eigenvalue weighted by Gasteiger charge is -2.16. The summed E-state index contributed by atoms with van der Waals surface area (Å²) in [6.45, 7) is 3.41. The van der Waals surface area contributed by atoms with E-state index in [0.29, 0.717) is 17.8 Å². The van der Waals surface area contributed by atoms with Gasteiger partial charge >= 0.3 is 6.18 Å². The van der Waals surface area contributed by atoms with E-state index in [1.54, 1.807) is 0 Å². The van der Waals surface area contributed by atoms with E-state index in [0.717, 1.165) is 18.7 Å². The molecule has 0 amide bonds. The Hall–Kier alpha value is -0.880. The Morgan fingerprint density at radius 2 is 2.18 bits per heavy atom. The Morgan fingerprint density at radius 1 is 1.39 bits per heavy atom. The quantitative estimate of drug-likeness (QED) is 0.271. The van der Waals surface area contributed by atoms with Gasteiger partial charge in [0.2, 0.25) is 0 Å². The van der Waals surface area contributed by atoms with Gasteiger partial charge in [-0.1, -0.05) is 6.07 Å². The number of hydrogen-bond donors (Lipinski definition) is 3. The zero-order chi connectivity index (χ0) is 19.7. The molecule has 0 spiro atoms. The van der Waals surface area contributed by atoms with Gasteiger partial charge in [0.15, 0.2) is 5.96 Å². The highest BCUT2D eigenvalue weighted by atomic mass is 127. The number of benzene rings is 1. The molecule has 1 aliphatic heterocycles. The smallest absolute Gasteiger partial charge is 0.416 e. The molecule has 5 nitrogen and oxygen atoms in total. The minimum atomic E-state index is -4.42. The van der Waals surface area contributed by atoms with Gasteiger partial charge in [0.05, 0.1) is 12.1 Å². The molecule has 2 rings (SSSR count). The van der Waals surface area contributed by atoms with E-state index in [4.69, 9.17) is 4.74 Å². The lowest BCUT2D eigenvalue weighted by Crippen LogP contribution is -2.40. The van der Waals surface area contributed by atoms with E-state index < -0.39 is 17.8 Å². The van der Waals surface area contributed by atoms with Gasteiger partial charge in [-0.25, -0.2) is 0 Å². The summed E-state index contributed by atoms with van der Waals surface area (Å²) in [5.41, 5.74) is -0.782. The van der Waals surface area contributed by atoms with Gasteiger partial charge in [-0.05, 0) is 43.7 Å². The molecule has 28 heavy (non-hydrogen) atoms. The summed E-state index contributed by atoms with van der Waals surface area (Å²) in [7, 11) is 0. The average Bonchev–Trinajstić information content (AvgIpc) is 3.15. The number of aliphatic imine (C=N–C) groups is 1. The van der Waals surface area contributed by atoms with Gasteiger partial charge in [0, 0.05) is 18.3 Å². The summed E-state index contributed by atoms with van der Waals surface area (Å²) in [6.07, 6.45) is -2.93. The number of rotatable bonds is 8. The number of aliphatic hydroxyl groups is 1. The highest BCUT2D eigenvalue weighted by Gasteiger charge is 2.30. The van der Waals surface area contributed by atoms with Crippen LogP contribution in [0.25, 0.3) is 0 Å². The summed E-state index contributed by atoms with van der Waals surface area (Å²) < 4.78 is 43.4. The average molecular weight is 533 g/mol. The van der Waals surface area contributed by atoms with Crippen LogP contribution >= 0.6 is 35.7 Å². The second-order valence-electron chi connectivity index (χ2n) is 6.23. The third-order valence-corrected chi connectivity index (χ3v) is 5.33. The van der Waals surface area contributed by atoms with Gasteiger partial charge in [-0.3, -0.25) is 4.99 Å². The van der Waals surface area contributed by atoms with Crippen LogP contribution in [0.4, 0.5) is 13.2 Å². The van der Waals surface area contributed by atoms with Crippen LogP contribution in [0.1, 0.15) is 25.3 Å². The molecule has 1 aromatic carbocycles. The van der Waals surface area contributed by atoms with Crippen molar-refractivity contribution in [3.8, 4) is 5.75 Å². The number of alkyl halides is 3. The van der Waals surface area contributed by atoms with Crippen molar-refractivity contribution < 1.29 is 23.0 Å². The van der Waals surface area contributed by atoms with E-state index in [9.17, 15) is 18.3 Å². The minimum Gasteiger partial charge on any atom is -0.491 e. The van der Waals surface area contributed by atoms with E-state index in [1.165, 1.54) is 30.7 Å². The largest absolute Gasteiger partial charge is 0.491 e. The van der Waals surface area contributed by atoms with Gasteiger partial charge in [0.25, 0.3) is 0 Å². The van der Waals surface area contributed by atoms with Crippen LogP contribution in [-0.2, 0) is 6.18 Å². The van der Waals surface area contributed by atoms with Crippen LogP contribution in [0.2, 0.25) is 0 Å². The van der Waals surface area contributed by atoms with E-state index in [2.05, 4.69) is 15.6 Å². The molecule has 1 heterocycles. The number of ether oxygens (including phenoxy) is 1. The highest BCUT2D eigenvalue weighted by molar-refractivity contribution is 14.0. The lowest BCUT2D eigenvalue weighted by atomic mass is 10.2. The van der Waals surface area contributed by atoms with E-state index in [-0.39, 0.29) is 42.9 Å². The number of nitrogens with zero attached hydrogens (tertiary/aromatic N) is 1. The number of halogens is 4. The van der Waals surface area contributed by atoms with Crippen molar-refractivity contribution in [1.82, 2.24) is 10.6 Å². The van der Waals surface area contributed by atoms with Crippen molar-refractivity contribution >= 4 is 41.7 Å². The molecular formula is C18H27F3IN3O2S. The van der Waals surface area contributed by atoms with Gasteiger partial charge < -0.3 is 20.5 Å². The Bertz CT molecular complexity index is 614. The first kappa shape index (κ1) is 25.2. The maximum Gasteiger partial charge on any atom is 0.416 e. The molecule has 0 aromatic heterocycles. The summed E-state index contributed by atoms with van der Waals surface area (Å²) in [5.74, 6) is 1.87. The fourth-order valence-electron chi connectivity index (χ4n) is 2.56. The fraction of sp³-hybridized carbons (Fsp3) is 0.611. The Balaban J connectivity index is 0.00000392. The van der Waals surface area contributed by atoms with Crippen molar-refractivity contribution in [2.75, 3.05) is 32.0 Å². The topological polar surface area (TPSA) is 65.9 Å². The Labute approximate surface area is 184 Å². The standard InChI is InChI=1S/C18H26F3N3O2S.HI/c1-2-22-17(24-11-16-7-4-8-27-16)23-10-14(25)12-26-15-6-3-5-13(9-15)18(19,20)21;/h3,5-6,9,14,16,25H,2,4,7-8,10-12H2,1H3,(H2,22,23,24);1H. The second-order valence-corrected chi connectivity index (χ2v) is 7.63. The maximum absolute atomic E-state index is 12.7. The molecule has 2 atom stereocenters. The lowest BCUT2D eigenvalue weighted by molar-refractivity contribution is -0.137. The van der Waals surface area contributed by atoms with Crippen molar-refractivity contribution in [3.05, 3.63) is 29.8 Å². The predicted molar refractivity (Wildman–Crippen MR) is 118 cm³/mol. The molecule has 1 aromatic rings. The van der Waals surface area contributed by atoms with Crippen LogP contribution in [0.3, 0.4) is 0 Å². The third kappa shape index (κ3) is 9.08. The van der Waals surface area contributed by atoms with Gasteiger partial charge in [-0.15, -0.1) is 24.0 Å². The summed E-state index contributed by atoms with van der Waals surface area (Å²) in [4.78, 5) is 4.32. The molecule has 1 aliphatic rings. The Kier molecular flexibility index (Phi) is 11.4. The number of guanidine groups is 1. The van der Waals surface area contributed by atoms with Crippen LogP contribution in [-0.4, -0.2) is 54.4 Å². The van der Waals surface area contributed by atoms with Crippen LogP contribution in [0.15, 0.2) is 29.3 Å². The first-order chi connectivity index (χ1) is 12.9. The second kappa shape index (κ2) is 12.6. The van der Waals surface area contributed by atoms with Crippen molar-refractivity contribution in [2.45, 2.75) is 37.3 Å².